The fraction of sp³-hybridized carbons (Fsp3) is 0.333. The van der Waals surface area contributed by atoms with Crippen molar-refractivity contribution in [1.82, 2.24) is 0 Å². The molecule has 0 radical (unpaired) electrons. The van der Waals surface area contributed by atoms with Crippen LogP contribution in [-0.2, 0) is 0 Å². The zero-order valence-corrected chi connectivity index (χ0v) is 19.7. The zero-order valence-electron chi connectivity index (χ0n) is 19.7. The lowest BCUT2D eigenvalue weighted by molar-refractivity contribution is 0.427. The smallest absolute Gasteiger partial charge is 0.167 e. The van der Waals surface area contributed by atoms with Gasteiger partial charge in [0.25, 0.3) is 0 Å². The van der Waals surface area contributed by atoms with Gasteiger partial charge < -0.3 is 0 Å². The molecule has 178 valence electrons. The van der Waals surface area contributed by atoms with Crippen molar-refractivity contribution in [3.63, 3.8) is 0 Å². The van der Waals surface area contributed by atoms with Crippen molar-refractivity contribution in [3.05, 3.63) is 89.0 Å². The van der Waals surface area contributed by atoms with Gasteiger partial charge in [-0.15, -0.1) is 0 Å². The summed E-state index contributed by atoms with van der Waals surface area (Å²) in [5.74, 6) is -2.88. The Kier molecular flexibility index (Phi) is 7.55. The summed E-state index contributed by atoms with van der Waals surface area (Å²) in [6.45, 7) is 3.70. The summed E-state index contributed by atoms with van der Waals surface area (Å²) < 4.78 is 58.4. The third-order valence-corrected chi connectivity index (χ3v) is 6.95. The lowest BCUT2D eigenvalue weighted by Gasteiger charge is -2.22. The van der Waals surface area contributed by atoms with Crippen LogP contribution < -0.4 is 0 Å². The Balaban J connectivity index is 1.54. The van der Waals surface area contributed by atoms with Crippen LogP contribution in [0.15, 0.2) is 54.6 Å². The fourth-order valence-corrected chi connectivity index (χ4v) is 4.80. The van der Waals surface area contributed by atoms with Crippen LogP contribution in [0.2, 0.25) is 0 Å². The summed E-state index contributed by atoms with van der Waals surface area (Å²) >= 11 is 0. The lowest BCUT2D eigenvalue weighted by atomic mass is 9.83. The van der Waals surface area contributed by atoms with Gasteiger partial charge in [0, 0.05) is 16.7 Å². The van der Waals surface area contributed by atoms with Gasteiger partial charge in [-0.3, -0.25) is 0 Å². The number of hydrogen-bond donors (Lipinski definition) is 0. The van der Waals surface area contributed by atoms with Crippen molar-refractivity contribution in [3.8, 4) is 22.3 Å². The van der Waals surface area contributed by atoms with E-state index in [-0.39, 0.29) is 16.7 Å². The van der Waals surface area contributed by atoms with Gasteiger partial charge in [-0.1, -0.05) is 87.2 Å². The first-order chi connectivity index (χ1) is 16.4. The van der Waals surface area contributed by atoms with Crippen LogP contribution in [0.1, 0.15) is 63.0 Å². The molecule has 0 heterocycles. The van der Waals surface area contributed by atoms with Crippen molar-refractivity contribution in [2.45, 2.75) is 58.8 Å². The van der Waals surface area contributed by atoms with E-state index in [0.29, 0.717) is 22.6 Å². The summed E-state index contributed by atoms with van der Waals surface area (Å²) in [7, 11) is 0. The van der Waals surface area contributed by atoms with E-state index < -0.39 is 23.3 Å². The Morgan fingerprint density at radius 2 is 1.26 bits per heavy atom. The standard InChI is InChI=1S/C30H30F4/c1-3-4-5-6-20-8-10-21(11-9-20)25-17-18-26(30(34)29(25)33)23-14-12-22(13-15-23)24-16-7-19(2)27(31)28(24)32/h7,10,12-18,20H,3-6,8-9,11H2,1-2H3. The molecule has 0 aromatic heterocycles. The summed E-state index contributed by atoms with van der Waals surface area (Å²) in [5, 5.41) is 0. The minimum absolute atomic E-state index is 0.133. The summed E-state index contributed by atoms with van der Waals surface area (Å²) in [4.78, 5) is 0. The van der Waals surface area contributed by atoms with Gasteiger partial charge in [0.05, 0.1) is 0 Å². The second-order valence-electron chi connectivity index (χ2n) is 9.29. The van der Waals surface area contributed by atoms with E-state index in [1.165, 1.54) is 44.7 Å². The highest BCUT2D eigenvalue weighted by molar-refractivity contribution is 5.74. The minimum Gasteiger partial charge on any atom is -0.203 e. The third-order valence-electron chi connectivity index (χ3n) is 6.95. The molecule has 1 atom stereocenters. The van der Waals surface area contributed by atoms with Crippen molar-refractivity contribution in [1.29, 1.82) is 0 Å². The molecule has 0 fully saturated rings. The Bertz CT molecular complexity index is 1190. The molecule has 4 heteroatoms. The van der Waals surface area contributed by atoms with Crippen molar-refractivity contribution in [2.24, 2.45) is 5.92 Å². The number of halogens is 4. The SMILES string of the molecule is CCCCCC1CC=C(c2ccc(-c3ccc(-c4ccc(C)c(F)c4F)cc3)c(F)c2F)CC1. The molecule has 3 aromatic carbocycles. The molecule has 3 aromatic rings. The Labute approximate surface area is 199 Å². The second kappa shape index (κ2) is 10.6. The van der Waals surface area contributed by atoms with Crippen molar-refractivity contribution in [2.75, 3.05) is 0 Å². The van der Waals surface area contributed by atoms with Gasteiger partial charge in [-0.25, -0.2) is 17.6 Å². The van der Waals surface area contributed by atoms with Crippen LogP contribution in [0.3, 0.4) is 0 Å². The molecule has 4 rings (SSSR count). The normalized spacial score (nSPS) is 15.9. The predicted molar refractivity (Wildman–Crippen MR) is 131 cm³/mol. The maximum absolute atomic E-state index is 15.1. The molecule has 0 bridgehead atoms. The van der Waals surface area contributed by atoms with Crippen molar-refractivity contribution >= 4 is 5.57 Å². The molecule has 0 N–H and O–H groups in total. The lowest BCUT2D eigenvalue weighted by Crippen LogP contribution is -2.07. The molecular formula is C30H30F4. The molecule has 0 aliphatic heterocycles. The molecule has 0 amide bonds. The van der Waals surface area contributed by atoms with Gasteiger partial charge in [0.15, 0.2) is 23.3 Å². The van der Waals surface area contributed by atoms with Gasteiger partial charge >= 0.3 is 0 Å². The van der Waals surface area contributed by atoms with Crippen LogP contribution in [0.4, 0.5) is 17.6 Å². The molecule has 1 aliphatic rings. The maximum atomic E-state index is 15.1. The molecule has 1 unspecified atom stereocenters. The van der Waals surface area contributed by atoms with Crippen LogP contribution in [0, 0.1) is 36.1 Å². The Hall–Kier alpha value is -2.88. The summed E-state index contributed by atoms with van der Waals surface area (Å²) in [5.41, 5.74) is 2.68. The average molecular weight is 467 g/mol. The topological polar surface area (TPSA) is 0 Å². The van der Waals surface area contributed by atoms with E-state index in [0.717, 1.165) is 24.8 Å². The number of rotatable bonds is 7. The first-order valence-corrected chi connectivity index (χ1v) is 12.1. The van der Waals surface area contributed by atoms with Crippen LogP contribution in [0.25, 0.3) is 27.8 Å². The predicted octanol–water partition coefficient (Wildman–Crippen LogP) is 9.65. The minimum atomic E-state index is -0.914. The van der Waals surface area contributed by atoms with Gasteiger partial charge in [-0.2, -0.15) is 0 Å². The number of aryl methyl sites for hydroxylation is 1. The van der Waals surface area contributed by atoms with Crippen LogP contribution in [-0.4, -0.2) is 0 Å². The molecule has 0 saturated carbocycles. The molecular weight excluding hydrogens is 436 g/mol. The fourth-order valence-electron chi connectivity index (χ4n) is 4.80. The van der Waals surface area contributed by atoms with E-state index in [9.17, 15) is 8.78 Å². The zero-order chi connectivity index (χ0) is 24.2. The number of hydrogen-bond acceptors (Lipinski definition) is 0. The summed E-state index contributed by atoms with van der Waals surface area (Å²) in [6, 6.07) is 12.7. The van der Waals surface area contributed by atoms with E-state index >= 15 is 8.78 Å². The van der Waals surface area contributed by atoms with Gasteiger partial charge in [0.1, 0.15) is 0 Å². The highest BCUT2D eigenvalue weighted by atomic mass is 19.2. The molecule has 1 aliphatic carbocycles. The molecule has 0 nitrogen and oxygen atoms in total. The number of allylic oxidation sites excluding steroid dienone is 2. The van der Waals surface area contributed by atoms with Gasteiger partial charge in [0.2, 0.25) is 0 Å². The number of unbranched alkanes of at least 4 members (excludes halogenated alkanes) is 2. The van der Waals surface area contributed by atoms with E-state index in [4.69, 9.17) is 0 Å². The van der Waals surface area contributed by atoms with E-state index in [2.05, 4.69) is 13.0 Å². The van der Waals surface area contributed by atoms with Crippen LogP contribution in [0.5, 0.6) is 0 Å². The van der Waals surface area contributed by atoms with Crippen LogP contribution >= 0.6 is 0 Å². The average Bonchev–Trinajstić information content (AvgIpc) is 2.85. The molecule has 34 heavy (non-hydrogen) atoms. The largest absolute Gasteiger partial charge is 0.203 e. The first kappa shape index (κ1) is 24.3. The highest BCUT2D eigenvalue weighted by Crippen LogP contribution is 2.37. The van der Waals surface area contributed by atoms with E-state index in [1.807, 2.05) is 0 Å². The number of benzene rings is 3. The van der Waals surface area contributed by atoms with Crippen molar-refractivity contribution < 1.29 is 17.6 Å². The highest BCUT2D eigenvalue weighted by Gasteiger charge is 2.21. The molecule has 0 spiro atoms. The van der Waals surface area contributed by atoms with Gasteiger partial charge in [-0.05, 0) is 54.4 Å². The third kappa shape index (κ3) is 4.96. The summed E-state index contributed by atoms with van der Waals surface area (Å²) in [6.07, 6.45) is 9.63. The Morgan fingerprint density at radius 1 is 0.706 bits per heavy atom. The van der Waals surface area contributed by atoms with E-state index in [1.54, 1.807) is 36.4 Å². The first-order valence-electron chi connectivity index (χ1n) is 12.1. The maximum Gasteiger partial charge on any atom is 0.167 e. The Morgan fingerprint density at radius 3 is 1.85 bits per heavy atom. The second-order valence-corrected chi connectivity index (χ2v) is 9.29. The molecule has 0 saturated heterocycles. The quantitative estimate of drug-likeness (QED) is 0.240. The monoisotopic (exact) mass is 466 g/mol.